The first-order chi connectivity index (χ1) is 13.6. The van der Waals surface area contributed by atoms with Crippen molar-refractivity contribution in [3.63, 3.8) is 0 Å². The molecule has 1 heterocycles. The first kappa shape index (κ1) is 19.9. The van der Waals surface area contributed by atoms with E-state index in [0.29, 0.717) is 11.3 Å². The first-order valence-electron chi connectivity index (χ1n) is 9.60. The molecule has 1 saturated heterocycles. The van der Waals surface area contributed by atoms with Gasteiger partial charge in [0.05, 0.1) is 18.8 Å². The van der Waals surface area contributed by atoms with Crippen LogP contribution in [0, 0.1) is 0 Å². The Balaban J connectivity index is 1.53. The highest BCUT2D eigenvalue weighted by Crippen LogP contribution is 2.19. The van der Waals surface area contributed by atoms with Gasteiger partial charge in [-0.2, -0.15) is 0 Å². The third-order valence-corrected chi connectivity index (χ3v) is 4.76. The number of benzene rings is 2. The van der Waals surface area contributed by atoms with Crippen LogP contribution in [0.2, 0.25) is 0 Å². The third kappa shape index (κ3) is 5.10. The Kier molecular flexibility index (Phi) is 6.66. The standard InChI is InChI=1S/C22H26N2O4/c1-3-17-4-6-18(7-5-17)22(26)28-16(2)21(25)23-19-8-10-20(11-9-19)24-12-14-27-15-13-24/h4-11,16H,3,12-15H2,1-2H3,(H,23,25)/t16-/m0/s1. The van der Waals surface area contributed by atoms with Crippen molar-refractivity contribution < 1.29 is 19.1 Å². The van der Waals surface area contributed by atoms with Gasteiger partial charge < -0.3 is 19.7 Å². The van der Waals surface area contributed by atoms with Crippen molar-refractivity contribution in [3.8, 4) is 0 Å². The largest absolute Gasteiger partial charge is 0.449 e. The Morgan fingerprint density at radius 2 is 1.71 bits per heavy atom. The number of nitrogens with one attached hydrogen (secondary N) is 1. The molecule has 2 aromatic rings. The van der Waals surface area contributed by atoms with Crippen molar-refractivity contribution >= 4 is 23.3 Å². The minimum Gasteiger partial charge on any atom is -0.449 e. The van der Waals surface area contributed by atoms with E-state index in [1.54, 1.807) is 19.1 Å². The van der Waals surface area contributed by atoms with E-state index in [9.17, 15) is 9.59 Å². The lowest BCUT2D eigenvalue weighted by Crippen LogP contribution is -2.36. The predicted octanol–water partition coefficient (Wildman–Crippen LogP) is 3.27. The molecular formula is C22H26N2O4. The van der Waals surface area contributed by atoms with Crippen molar-refractivity contribution in [3.05, 3.63) is 59.7 Å². The smallest absolute Gasteiger partial charge is 0.338 e. The van der Waals surface area contributed by atoms with Crippen LogP contribution in [0.4, 0.5) is 11.4 Å². The Morgan fingerprint density at radius 1 is 1.07 bits per heavy atom. The molecule has 1 aliphatic heterocycles. The maximum absolute atomic E-state index is 12.4. The van der Waals surface area contributed by atoms with Crippen molar-refractivity contribution in [2.24, 2.45) is 0 Å². The van der Waals surface area contributed by atoms with Crippen LogP contribution in [0.15, 0.2) is 48.5 Å². The molecule has 0 spiro atoms. The number of hydrogen-bond donors (Lipinski definition) is 1. The number of nitrogens with zero attached hydrogens (tertiary/aromatic N) is 1. The van der Waals surface area contributed by atoms with Crippen LogP contribution in [-0.4, -0.2) is 44.3 Å². The molecule has 0 saturated carbocycles. The molecule has 0 unspecified atom stereocenters. The highest BCUT2D eigenvalue weighted by atomic mass is 16.5. The van der Waals surface area contributed by atoms with Gasteiger partial charge in [0.25, 0.3) is 5.91 Å². The molecule has 1 N–H and O–H groups in total. The topological polar surface area (TPSA) is 67.9 Å². The summed E-state index contributed by atoms with van der Waals surface area (Å²) in [7, 11) is 0. The van der Waals surface area contributed by atoms with E-state index in [4.69, 9.17) is 9.47 Å². The number of rotatable bonds is 6. The van der Waals surface area contributed by atoms with E-state index >= 15 is 0 Å². The molecule has 28 heavy (non-hydrogen) atoms. The normalized spacial score (nSPS) is 15.0. The zero-order valence-electron chi connectivity index (χ0n) is 16.3. The number of anilines is 2. The average molecular weight is 382 g/mol. The third-order valence-electron chi connectivity index (χ3n) is 4.76. The lowest BCUT2D eigenvalue weighted by Gasteiger charge is -2.28. The molecule has 6 nitrogen and oxygen atoms in total. The van der Waals surface area contributed by atoms with Gasteiger partial charge >= 0.3 is 5.97 Å². The fourth-order valence-corrected chi connectivity index (χ4v) is 2.98. The highest BCUT2D eigenvalue weighted by Gasteiger charge is 2.19. The quantitative estimate of drug-likeness (QED) is 0.777. The van der Waals surface area contributed by atoms with Gasteiger partial charge in [0.2, 0.25) is 0 Å². The monoisotopic (exact) mass is 382 g/mol. The average Bonchev–Trinajstić information content (AvgIpc) is 2.75. The van der Waals surface area contributed by atoms with Gasteiger partial charge in [-0.25, -0.2) is 4.79 Å². The predicted molar refractivity (Wildman–Crippen MR) is 109 cm³/mol. The van der Waals surface area contributed by atoms with E-state index in [0.717, 1.165) is 44.0 Å². The summed E-state index contributed by atoms with van der Waals surface area (Å²) in [4.78, 5) is 26.8. The van der Waals surface area contributed by atoms with Crippen LogP contribution in [-0.2, 0) is 20.7 Å². The number of carbonyl (C=O) groups excluding carboxylic acids is 2. The fraction of sp³-hybridized carbons (Fsp3) is 0.364. The van der Waals surface area contributed by atoms with Gasteiger partial charge in [-0.1, -0.05) is 19.1 Å². The van der Waals surface area contributed by atoms with Crippen LogP contribution in [0.3, 0.4) is 0 Å². The Bertz CT molecular complexity index is 796. The molecule has 1 amide bonds. The fourth-order valence-electron chi connectivity index (χ4n) is 2.98. The van der Waals surface area contributed by atoms with E-state index in [-0.39, 0.29) is 5.91 Å². The number of carbonyl (C=O) groups is 2. The number of amides is 1. The van der Waals surface area contributed by atoms with Gasteiger partial charge in [0.1, 0.15) is 0 Å². The maximum atomic E-state index is 12.4. The maximum Gasteiger partial charge on any atom is 0.338 e. The number of esters is 1. The summed E-state index contributed by atoms with van der Waals surface area (Å²) >= 11 is 0. The molecule has 148 valence electrons. The lowest BCUT2D eigenvalue weighted by atomic mass is 10.1. The van der Waals surface area contributed by atoms with Crippen LogP contribution in [0.25, 0.3) is 0 Å². The van der Waals surface area contributed by atoms with Gasteiger partial charge in [-0.15, -0.1) is 0 Å². The molecule has 3 rings (SSSR count). The molecule has 1 aliphatic rings. The van der Waals surface area contributed by atoms with E-state index in [2.05, 4.69) is 10.2 Å². The van der Waals surface area contributed by atoms with Crippen LogP contribution >= 0.6 is 0 Å². The molecule has 6 heteroatoms. The van der Waals surface area contributed by atoms with Crippen molar-refractivity contribution in [1.29, 1.82) is 0 Å². The summed E-state index contributed by atoms with van der Waals surface area (Å²) in [5.74, 6) is -0.870. The Labute approximate surface area is 165 Å². The molecule has 0 aromatic heterocycles. The second-order valence-electron chi connectivity index (χ2n) is 6.73. The van der Waals surface area contributed by atoms with Gasteiger partial charge in [0.15, 0.2) is 6.10 Å². The van der Waals surface area contributed by atoms with E-state index in [1.165, 1.54) is 0 Å². The van der Waals surface area contributed by atoms with Crippen LogP contribution in [0.1, 0.15) is 29.8 Å². The number of hydrogen-bond acceptors (Lipinski definition) is 5. The Morgan fingerprint density at radius 3 is 2.32 bits per heavy atom. The Hall–Kier alpha value is -2.86. The van der Waals surface area contributed by atoms with E-state index in [1.807, 2.05) is 43.3 Å². The second kappa shape index (κ2) is 9.37. The van der Waals surface area contributed by atoms with Crippen molar-refractivity contribution in [1.82, 2.24) is 0 Å². The van der Waals surface area contributed by atoms with Crippen LogP contribution in [0.5, 0.6) is 0 Å². The molecule has 0 radical (unpaired) electrons. The zero-order valence-corrected chi connectivity index (χ0v) is 16.3. The summed E-state index contributed by atoms with van der Waals surface area (Å²) in [6.45, 7) is 6.78. The zero-order chi connectivity index (χ0) is 19.9. The summed E-state index contributed by atoms with van der Waals surface area (Å²) in [6.07, 6.45) is 0.00984. The highest BCUT2D eigenvalue weighted by molar-refractivity contribution is 5.97. The van der Waals surface area contributed by atoms with Gasteiger partial charge in [-0.3, -0.25) is 4.79 Å². The lowest BCUT2D eigenvalue weighted by molar-refractivity contribution is -0.123. The number of aryl methyl sites for hydroxylation is 1. The number of morpholine rings is 1. The summed E-state index contributed by atoms with van der Waals surface area (Å²) < 4.78 is 10.6. The molecule has 1 atom stereocenters. The minimum atomic E-state index is -0.891. The SMILES string of the molecule is CCc1ccc(C(=O)O[C@@H](C)C(=O)Nc2ccc(N3CCOCC3)cc2)cc1. The molecule has 0 bridgehead atoms. The van der Waals surface area contributed by atoms with Crippen molar-refractivity contribution in [2.75, 3.05) is 36.5 Å². The molecule has 2 aromatic carbocycles. The first-order valence-corrected chi connectivity index (χ1v) is 9.60. The van der Waals surface area contributed by atoms with Gasteiger partial charge in [-0.05, 0) is 55.3 Å². The summed E-state index contributed by atoms with van der Waals surface area (Å²) in [5, 5.41) is 2.79. The molecule has 0 aliphatic carbocycles. The minimum absolute atomic E-state index is 0.363. The summed E-state index contributed by atoms with van der Waals surface area (Å²) in [5.41, 5.74) is 3.34. The van der Waals surface area contributed by atoms with E-state index < -0.39 is 12.1 Å². The molecule has 1 fully saturated rings. The number of ether oxygens (including phenoxy) is 2. The van der Waals surface area contributed by atoms with Gasteiger partial charge in [0, 0.05) is 24.5 Å². The second-order valence-corrected chi connectivity index (χ2v) is 6.73. The van der Waals surface area contributed by atoms with Crippen molar-refractivity contribution in [2.45, 2.75) is 26.4 Å². The molecular weight excluding hydrogens is 356 g/mol. The van der Waals surface area contributed by atoms with Crippen LogP contribution < -0.4 is 10.2 Å². The summed E-state index contributed by atoms with van der Waals surface area (Å²) in [6, 6.07) is 14.8.